The maximum absolute atomic E-state index is 16.5. The number of amides is 1. The van der Waals surface area contributed by atoms with Gasteiger partial charge in [-0.2, -0.15) is 13.2 Å². The molecule has 53 heavy (non-hydrogen) atoms. The minimum absolute atomic E-state index is 0.0600. The Morgan fingerprint density at radius 1 is 1.04 bits per heavy atom. The molecule has 2 aromatic carbocycles. The van der Waals surface area contributed by atoms with E-state index in [-0.39, 0.29) is 65.2 Å². The lowest BCUT2D eigenvalue weighted by atomic mass is 9.89. The zero-order valence-corrected chi connectivity index (χ0v) is 29.8. The molecule has 2 unspecified atom stereocenters. The van der Waals surface area contributed by atoms with Crippen LogP contribution in [-0.2, 0) is 26.9 Å². The molecule has 1 aromatic heterocycles. The molecular formula is C39H41F6N3O5. The zero-order valence-electron chi connectivity index (χ0n) is 29.8. The second kappa shape index (κ2) is 15.8. The van der Waals surface area contributed by atoms with Gasteiger partial charge in [0, 0.05) is 42.0 Å². The number of halogens is 6. The van der Waals surface area contributed by atoms with Gasteiger partial charge in [-0.25, -0.2) is 13.2 Å². The number of rotatable bonds is 12. The Morgan fingerprint density at radius 2 is 1.66 bits per heavy atom. The van der Waals surface area contributed by atoms with Gasteiger partial charge in [-0.05, 0) is 85.9 Å². The molecule has 14 heteroatoms. The zero-order chi connectivity index (χ0) is 38.9. The number of alkyl halides is 3. The number of benzene rings is 2. The van der Waals surface area contributed by atoms with Gasteiger partial charge in [-0.3, -0.25) is 19.3 Å². The van der Waals surface area contributed by atoms with Crippen LogP contribution in [0.3, 0.4) is 0 Å². The predicted molar refractivity (Wildman–Crippen MR) is 185 cm³/mol. The van der Waals surface area contributed by atoms with E-state index in [1.807, 2.05) is 0 Å². The quantitative estimate of drug-likeness (QED) is 0.155. The van der Waals surface area contributed by atoms with Crippen LogP contribution in [0.25, 0.3) is 11.1 Å². The van der Waals surface area contributed by atoms with Crippen molar-refractivity contribution in [3.05, 3.63) is 91.6 Å². The smallest absolute Gasteiger partial charge is 0.416 e. The first-order valence-corrected chi connectivity index (χ1v) is 17.3. The minimum Gasteiger partial charge on any atom is -0.481 e. The van der Waals surface area contributed by atoms with Crippen LogP contribution in [0.15, 0.2) is 35.3 Å². The van der Waals surface area contributed by atoms with Crippen molar-refractivity contribution in [2.75, 3.05) is 19.8 Å². The predicted octanol–water partition coefficient (Wildman–Crippen LogP) is 6.87. The normalized spacial score (nSPS) is 18.5. The standard InChI is InChI=1S/C39H41F6N3O5/c1-6-23-14-28(34-21(4)12-25(40)13-22(34)5)37(42)35(36(23)41)30(16-33(50)51)46-38(52)31(11-20(2)3)48-17-24(29(15-32(48)49)39(43,44)45)9-10-47-26-7-8-27(47)19-53-18-26/h1,12-15,17,20,26-27,30-31H,7-11,16,18-19H2,2-5H3,(H,46,52)(H,50,51)/t26?,27?,30-,31+/m1/s1. The Labute approximate surface area is 303 Å². The summed E-state index contributed by atoms with van der Waals surface area (Å²) >= 11 is 0. The number of pyridine rings is 1. The number of aliphatic carboxylic acids is 1. The number of hydrogen-bond donors (Lipinski definition) is 2. The number of morpholine rings is 1. The SMILES string of the molecule is C#Cc1cc(-c2c(C)cc(F)cc2C)c(F)c([C@@H](CC(=O)O)NC(=O)[C@H](CC(C)C)n2cc(CCN3C4CCC3COC4)c(C(F)(F)F)cc2=O)c1F. The highest BCUT2D eigenvalue weighted by atomic mass is 19.4. The van der Waals surface area contributed by atoms with E-state index in [1.54, 1.807) is 13.8 Å². The molecule has 5 rings (SSSR count). The Morgan fingerprint density at radius 3 is 2.21 bits per heavy atom. The van der Waals surface area contributed by atoms with Crippen LogP contribution < -0.4 is 10.9 Å². The fourth-order valence-corrected chi connectivity index (χ4v) is 7.67. The summed E-state index contributed by atoms with van der Waals surface area (Å²) in [6.45, 7) is 7.58. The second-order valence-electron chi connectivity index (χ2n) is 14.2. The summed E-state index contributed by atoms with van der Waals surface area (Å²) in [5.74, 6) is -3.99. The average Bonchev–Trinajstić information content (AvgIpc) is 3.27. The third-order valence-electron chi connectivity index (χ3n) is 10.0. The number of hydrogen-bond acceptors (Lipinski definition) is 5. The number of nitrogens with zero attached hydrogens (tertiary/aromatic N) is 2. The minimum atomic E-state index is -4.88. The van der Waals surface area contributed by atoms with Gasteiger partial charge in [0.1, 0.15) is 23.5 Å². The fraction of sp³-hybridized carbons (Fsp3) is 0.462. The summed E-state index contributed by atoms with van der Waals surface area (Å²) in [5, 5.41) is 12.2. The van der Waals surface area contributed by atoms with Crippen LogP contribution in [0.5, 0.6) is 0 Å². The van der Waals surface area contributed by atoms with Crippen LogP contribution in [0.4, 0.5) is 26.3 Å². The highest BCUT2D eigenvalue weighted by Crippen LogP contribution is 2.38. The average molecular weight is 746 g/mol. The number of ether oxygens (including phenoxy) is 1. The molecule has 284 valence electrons. The van der Waals surface area contributed by atoms with Crippen molar-refractivity contribution in [1.29, 1.82) is 0 Å². The van der Waals surface area contributed by atoms with E-state index in [2.05, 4.69) is 16.1 Å². The fourth-order valence-electron chi connectivity index (χ4n) is 7.67. The Hall–Kier alpha value is -4.61. The van der Waals surface area contributed by atoms with Crippen molar-refractivity contribution in [3.63, 3.8) is 0 Å². The molecule has 2 fully saturated rings. The summed E-state index contributed by atoms with van der Waals surface area (Å²) in [7, 11) is 0. The Balaban J connectivity index is 1.58. The van der Waals surface area contributed by atoms with E-state index in [4.69, 9.17) is 11.2 Å². The Bertz CT molecular complexity index is 1960. The molecule has 3 aromatic rings. The van der Waals surface area contributed by atoms with Crippen molar-refractivity contribution >= 4 is 11.9 Å². The number of fused-ring (bicyclic) bond motifs is 2. The molecule has 8 nitrogen and oxygen atoms in total. The molecule has 2 saturated heterocycles. The molecule has 2 N–H and O–H groups in total. The summed E-state index contributed by atoms with van der Waals surface area (Å²) in [5.41, 5.74) is -3.37. The topological polar surface area (TPSA) is 101 Å². The summed E-state index contributed by atoms with van der Waals surface area (Å²) in [6, 6.07) is 0.479. The van der Waals surface area contributed by atoms with Crippen LogP contribution in [0, 0.1) is 49.6 Å². The largest absolute Gasteiger partial charge is 0.481 e. The van der Waals surface area contributed by atoms with E-state index in [1.165, 1.54) is 13.8 Å². The number of aryl methyl sites for hydroxylation is 2. The van der Waals surface area contributed by atoms with Crippen LogP contribution in [-0.4, -0.2) is 58.3 Å². The lowest BCUT2D eigenvalue weighted by molar-refractivity contribution is -0.139. The third kappa shape index (κ3) is 8.47. The molecule has 0 saturated carbocycles. The molecule has 3 heterocycles. The highest BCUT2D eigenvalue weighted by Gasteiger charge is 2.39. The Kier molecular flexibility index (Phi) is 11.8. The van der Waals surface area contributed by atoms with Crippen molar-refractivity contribution in [2.45, 2.75) is 90.1 Å². The van der Waals surface area contributed by atoms with Crippen molar-refractivity contribution < 1.29 is 45.8 Å². The first-order chi connectivity index (χ1) is 24.9. The molecule has 2 bridgehead atoms. The van der Waals surface area contributed by atoms with Gasteiger partial charge in [-0.1, -0.05) is 19.8 Å². The van der Waals surface area contributed by atoms with E-state index >= 15 is 8.78 Å². The third-order valence-corrected chi connectivity index (χ3v) is 10.0. The maximum atomic E-state index is 16.5. The number of carbonyl (C=O) groups is 2. The molecule has 0 radical (unpaired) electrons. The molecule has 1 amide bonds. The van der Waals surface area contributed by atoms with Crippen molar-refractivity contribution in [2.24, 2.45) is 5.92 Å². The lowest BCUT2D eigenvalue weighted by Gasteiger charge is -2.34. The lowest BCUT2D eigenvalue weighted by Crippen LogP contribution is -2.46. The van der Waals surface area contributed by atoms with E-state index in [0.717, 1.165) is 41.8 Å². The molecule has 0 spiro atoms. The molecule has 2 aliphatic heterocycles. The number of carboxylic acids is 1. The number of terminal acetylenes is 1. The van der Waals surface area contributed by atoms with Crippen LogP contribution in [0.2, 0.25) is 0 Å². The van der Waals surface area contributed by atoms with Gasteiger partial charge in [0.05, 0.1) is 36.8 Å². The van der Waals surface area contributed by atoms with E-state index in [0.29, 0.717) is 19.3 Å². The summed E-state index contributed by atoms with van der Waals surface area (Å²) < 4.78 is 96.0. The maximum Gasteiger partial charge on any atom is 0.416 e. The first-order valence-electron chi connectivity index (χ1n) is 17.3. The number of nitrogens with one attached hydrogen (secondary N) is 1. The van der Waals surface area contributed by atoms with Gasteiger partial charge in [-0.15, -0.1) is 6.42 Å². The van der Waals surface area contributed by atoms with Gasteiger partial charge >= 0.3 is 12.1 Å². The summed E-state index contributed by atoms with van der Waals surface area (Å²) in [6.07, 6.45) is 2.15. The number of carboxylic acid groups (broad SMARTS) is 1. The number of carbonyl (C=O) groups excluding carboxylic acids is 1. The van der Waals surface area contributed by atoms with E-state index in [9.17, 15) is 37.1 Å². The van der Waals surface area contributed by atoms with Gasteiger partial charge < -0.3 is 19.7 Å². The molecule has 4 atom stereocenters. The van der Waals surface area contributed by atoms with Gasteiger partial charge in [0.2, 0.25) is 5.91 Å². The second-order valence-corrected chi connectivity index (χ2v) is 14.2. The number of aromatic nitrogens is 1. The monoisotopic (exact) mass is 745 g/mol. The molecule has 0 aliphatic carbocycles. The highest BCUT2D eigenvalue weighted by molar-refractivity contribution is 5.82. The molecule has 2 aliphatic rings. The molecular weight excluding hydrogens is 704 g/mol. The van der Waals surface area contributed by atoms with Crippen molar-refractivity contribution in [1.82, 2.24) is 14.8 Å². The summed E-state index contributed by atoms with van der Waals surface area (Å²) in [4.78, 5) is 41.7. The van der Waals surface area contributed by atoms with Crippen molar-refractivity contribution in [3.8, 4) is 23.5 Å². The van der Waals surface area contributed by atoms with Gasteiger partial charge in [0.15, 0.2) is 0 Å². The first kappa shape index (κ1) is 39.6. The van der Waals surface area contributed by atoms with Crippen LogP contribution >= 0.6 is 0 Å². The van der Waals surface area contributed by atoms with Crippen LogP contribution in [0.1, 0.15) is 85.0 Å². The van der Waals surface area contributed by atoms with E-state index < -0.39 is 76.3 Å². The van der Waals surface area contributed by atoms with Gasteiger partial charge in [0.25, 0.3) is 5.56 Å².